The molecule has 2 amide bonds. The zero-order valence-corrected chi connectivity index (χ0v) is 15.2. The van der Waals surface area contributed by atoms with Crippen LogP contribution in [0.2, 0.25) is 0 Å². The molecule has 2 rings (SSSR count). The van der Waals surface area contributed by atoms with Gasteiger partial charge < -0.3 is 10.2 Å². The van der Waals surface area contributed by atoms with Gasteiger partial charge in [0.05, 0.1) is 0 Å². The van der Waals surface area contributed by atoms with Crippen molar-refractivity contribution in [2.24, 2.45) is 0 Å². The summed E-state index contributed by atoms with van der Waals surface area (Å²) < 4.78 is 0. The highest BCUT2D eigenvalue weighted by atomic mass is 16.2. The standard InChI is InChI=1S/C21H26N2O2/c1-16-9-10-20(15-17(16)2)23(18(3)24)14-12-21(25)22-13-11-19-7-5-4-6-8-19/h4-10,15H,11-14H2,1-3H3,(H,22,25). The average molecular weight is 338 g/mol. The van der Waals surface area contributed by atoms with Gasteiger partial charge in [-0.1, -0.05) is 36.4 Å². The first kappa shape index (κ1) is 18.7. The number of nitrogens with one attached hydrogen (secondary N) is 1. The number of hydrogen-bond donors (Lipinski definition) is 1. The van der Waals surface area contributed by atoms with Crippen molar-refractivity contribution in [1.29, 1.82) is 0 Å². The molecule has 0 saturated carbocycles. The lowest BCUT2D eigenvalue weighted by Gasteiger charge is -2.22. The zero-order valence-electron chi connectivity index (χ0n) is 15.2. The molecule has 0 aromatic heterocycles. The number of hydrogen-bond acceptors (Lipinski definition) is 2. The third-order valence-electron chi connectivity index (χ3n) is 4.32. The van der Waals surface area contributed by atoms with E-state index in [-0.39, 0.29) is 11.8 Å². The molecule has 0 unspecified atom stereocenters. The minimum atomic E-state index is -0.0552. The van der Waals surface area contributed by atoms with E-state index in [4.69, 9.17) is 0 Å². The fourth-order valence-corrected chi connectivity index (χ4v) is 2.65. The molecule has 0 aliphatic heterocycles. The second kappa shape index (κ2) is 9.02. The largest absolute Gasteiger partial charge is 0.356 e. The summed E-state index contributed by atoms with van der Waals surface area (Å²) in [6, 6.07) is 16.0. The van der Waals surface area contributed by atoms with Crippen molar-refractivity contribution in [3.63, 3.8) is 0 Å². The number of carbonyl (C=O) groups excluding carboxylic acids is 2. The van der Waals surface area contributed by atoms with Crippen LogP contribution in [0.15, 0.2) is 48.5 Å². The zero-order chi connectivity index (χ0) is 18.2. The monoisotopic (exact) mass is 338 g/mol. The first-order chi connectivity index (χ1) is 12.0. The van der Waals surface area contributed by atoms with E-state index in [1.54, 1.807) is 4.90 Å². The lowest BCUT2D eigenvalue weighted by molar-refractivity contribution is -0.121. The maximum Gasteiger partial charge on any atom is 0.223 e. The van der Waals surface area contributed by atoms with E-state index in [0.717, 1.165) is 17.7 Å². The number of anilines is 1. The van der Waals surface area contributed by atoms with Gasteiger partial charge in [-0.2, -0.15) is 0 Å². The molecule has 4 nitrogen and oxygen atoms in total. The minimum Gasteiger partial charge on any atom is -0.356 e. The van der Waals surface area contributed by atoms with Gasteiger partial charge in [0, 0.05) is 32.1 Å². The fraction of sp³-hybridized carbons (Fsp3) is 0.333. The minimum absolute atomic E-state index is 0.0361. The Hall–Kier alpha value is -2.62. The summed E-state index contributed by atoms with van der Waals surface area (Å²) in [5.74, 6) is -0.0913. The molecular formula is C21H26N2O2. The third kappa shape index (κ3) is 5.75. The Labute approximate surface area is 149 Å². The topological polar surface area (TPSA) is 49.4 Å². The van der Waals surface area contributed by atoms with Gasteiger partial charge in [-0.3, -0.25) is 9.59 Å². The first-order valence-electron chi connectivity index (χ1n) is 8.63. The average Bonchev–Trinajstić information content (AvgIpc) is 2.59. The van der Waals surface area contributed by atoms with E-state index in [1.165, 1.54) is 18.1 Å². The van der Waals surface area contributed by atoms with E-state index < -0.39 is 0 Å². The lowest BCUT2D eigenvalue weighted by atomic mass is 10.1. The Bertz CT molecular complexity index is 726. The van der Waals surface area contributed by atoms with Crippen LogP contribution >= 0.6 is 0 Å². The molecule has 4 heteroatoms. The molecule has 0 fully saturated rings. The summed E-state index contributed by atoms with van der Waals surface area (Å²) in [6.45, 7) is 6.58. The Morgan fingerprint density at radius 1 is 1.00 bits per heavy atom. The summed E-state index contributed by atoms with van der Waals surface area (Å²) in [4.78, 5) is 25.7. The number of amides is 2. The van der Waals surface area contributed by atoms with Gasteiger partial charge in [0.1, 0.15) is 0 Å². The van der Waals surface area contributed by atoms with Gasteiger partial charge in [0.15, 0.2) is 0 Å². The second-order valence-electron chi connectivity index (χ2n) is 6.27. The van der Waals surface area contributed by atoms with Crippen LogP contribution in [0.5, 0.6) is 0 Å². The summed E-state index contributed by atoms with van der Waals surface area (Å²) in [7, 11) is 0. The van der Waals surface area contributed by atoms with Crippen LogP contribution in [-0.2, 0) is 16.0 Å². The molecule has 0 saturated heterocycles. The van der Waals surface area contributed by atoms with E-state index in [2.05, 4.69) is 5.32 Å². The molecule has 132 valence electrons. The van der Waals surface area contributed by atoms with Crippen molar-refractivity contribution in [2.75, 3.05) is 18.0 Å². The molecule has 0 aliphatic rings. The molecule has 1 N–H and O–H groups in total. The van der Waals surface area contributed by atoms with Crippen molar-refractivity contribution in [2.45, 2.75) is 33.6 Å². The van der Waals surface area contributed by atoms with Gasteiger partial charge in [-0.25, -0.2) is 0 Å². The van der Waals surface area contributed by atoms with Crippen molar-refractivity contribution >= 4 is 17.5 Å². The Morgan fingerprint density at radius 3 is 2.36 bits per heavy atom. The second-order valence-corrected chi connectivity index (χ2v) is 6.27. The van der Waals surface area contributed by atoms with Crippen LogP contribution in [0.3, 0.4) is 0 Å². The highest BCUT2D eigenvalue weighted by Gasteiger charge is 2.14. The molecule has 25 heavy (non-hydrogen) atoms. The molecule has 0 atom stereocenters. The molecule has 0 radical (unpaired) electrons. The van der Waals surface area contributed by atoms with E-state index in [0.29, 0.717) is 19.5 Å². The summed E-state index contributed by atoms with van der Waals surface area (Å²) in [5, 5.41) is 2.92. The number of rotatable bonds is 7. The number of aryl methyl sites for hydroxylation is 2. The van der Waals surface area contributed by atoms with Crippen molar-refractivity contribution in [1.82, 2.24) is 5.32 Å². The molecule has 0 heterocycles. The van der Waals surface area contributed by atoms with Crippen LogP contribution in [0.25, 0.3) is 0 Å². The van der Waals surface area contributed by atoms with Gasteiger partial charge in [0.2, 0.25) is 11.8 Å². The molecule has 0 aliphatic carbocycles. The summed E-state index contributed by atoms with van der Waals surface area (Å²) in [6.07, 6.45) is 1.10. The molecule has 2 aromatic carbocycles. The Morgan fingerprint density at radius 2 is 1.72 bits per heavy atom. The summed E-state index contributed by atoms with van der Waals surface area (Å²) >= 11 is 0. The number of benzene rings is 2. The van der Waals surface area contributed by atoms with Crippen LogP contribution in [-0.4, -0.2) is 24.9 Å². The van der Waals surface area contributed by atoms with Crippen LogP contribution in [0.4, 0.5) is 5.69 Å². The number of nitrogens with zero attached hydrogens (tertiary/aromatic N) is 1. The van der Waals surface area contributed by atoms with Crippen molar-refractivity contribution in [3.8, 4) is 0 Å². The lowest BCUT2D eigenvalue weighted by Crippen LogP contribution is -2.34. The predicted octanol–water partition coefficient (Wildman–Crippen LogP) is 3.41. The van der Waals surface area contributed by atoms with E-state index >= 15 is 0 Å². The molecular weight excluding hydrogens is 312 g/mol. The molecule has 2 aromatic rings. The van der Waals surface area contributed by atoms with Crippen LogP contribution in [0.1, 0.15) is 30.0 Å². The Kier molecular flexibility index (Phi) is 6.75. The smallest absolute Gasteiger partial charge is 0.223 e. The van der Waals surface area contributed by atoms with E-state index in [1.807, 2.05) is 62.4 Å². The van der Waals surface area contributed by atoms with Gasteiger partial charge >= 0.3 is 0 Å². The van der Waals surface area contributed by atoms with E-state index in [9.17, 15) is 9.59 Å². The SMILES string of the molecule is CC(=O)N(CCC(=O)NCCc1ccccc1)c1ccc(C)c(C)c1. The van der Waals surface area contributed by atoms with Crippen LogP contribution in [0, 0.1) is 13.8 Å². The Balaban J connectivity index is 1.84. The quantitative estimate of drug-likeness (QED) is 0.841. The van der Waals surface area contributed by atoms with Gasteiger partial charge in [-0.15, -0.1) is 0 Å². The molecule has 0 bridgehead atoms. The first-order valence-corrected chi connectivity index (χ1v) is 8.63. The maximum absolute atomic E-state index is 12.1. The van der Waals surface area contributed by atoms with Crippen LogP contribution < -0.4 is 10.2 Å². The maximum atomic E-state index is 12.1. The van der Waals surface area contributed by atoms with Crippen molar-refractivity contribution in [3.05, 3.63) is 65.2 Å². The molecule has 0 spiro atoms. The normalized spacial score (nSPS) is 10.4. The van der Waals surface area contributed by atoms with Gasteiger partial charge in [0.25, 0.3) is 0 Å². The fourth-order valence-electron chi connectivity index (χ4n) is 2.65. The highest BCUT2D eigenvalue weighted by molar-refractivity contribution is 5.92. The predicted molar refractivity (Wildman–Crippen MR) is 102 cm³/mol. The summed E-state index contributed by atoms with van der Waals surface area (Å²) in [5.41, 5.74) is 4.36. The van der Waals surface area contributed by atoms with Crippen molar-refractivity contribution < 1.29 is 9.59 Å². The van der Waals surface area contributed by atoms with Gasteiger partial charge in [-0.05, 0) is 49.1 Å². The highest BCUT2D eigenvalue weighted by Crippen LogP contribution is 2.19. The third-order valence-corrected chi connectivity index (χ3v) is 4.32. The number of carbonyl (C=O) groups is 2.